The number of aryl methyl sites for hydroxylation is 1. The van der Waals surface area contributed by atoms with E-state index in [1.54, 1.807) is 12.4 Å². The Balaban J connectivity index is 1.51. The van der Waals surface area contributed by atoms with Crippen LogP contribution < -0.4 is 10.6 Å². The van der Waals surface area contributed by atoms with Crippen molar-refractivity contribution in [1.82, 2.24) is 24.6 Å². The lowest BCUT2D eigenvalue weighted by Gasteiger charge is -2.19. The second-order valence-corrected chi connectivity index (χ2v) is 6.68. The number of nitrogens with zero attached hydrogens (tertiary/aromatic N) is 4. The van der Waals surface area contributed by atoms with Crippen LogP contribution in [0.25, 0.3) is 0 Å². The molecule has 2 amide bonds. The van der Waals surface area contributed by atoms with Crippen molar-refractivity contribution in [1.29, 1.82) is 0 Å². The Labute approximate surface area is 152 Å². The number of imidazole rings is 1. The second kappa shape index (κ2) is 7.03. The Hall–Kier alpha value is -3.09. The molecule has 1 fully saturated rings. The van der Waals surface area contributed by atoms with Gasteiger partial charge in [-0.05, 0) is 24.3 Å². The first-order chi connectivity index (χ1) is 12.7. The van der Waals surface area contributed by atoms with Gasteiger partial charge in [-0.2, -0.15) is 5.10 Å². The summed E-state index contributed by atoms with van der Waals surface area (Å²) in [4.78, 5) is 17.1. The highest BCUT2D eigenvalue weighted by Gasteiger charge is 2.24. The van der Waals surface area contributed by atoms with Gasteiger partial charge in [0.15, 0.2) is 0 Å². The molecule has 0 bridgehead atoms. The molecule has 0 aliphatic heterocycles. The number of hydrogen-bond acceptors (Lipinski definition) is 3. The summed E-state index contributed by atoms with van der Waals surface area (Å²) >= 11 is 0. The van der Waals surface area contributed by atoms with Gasteiger partial charge in [-0.1, -0.05) is 30.3 Å². The average Bonchev–Trinajstić information content (AvgIpc) is 3.21. The summed E-state index contributed by atoms with van der Waals surface area (Å²) in [5.74, 6) is 2.17. The lowest BCUT2D eigenvalue weighted by Crippen LogP contribution is -2.35. The number of amides is 2. The number of urea groups is 1. The Morgan fingerprint density at radius 3 is 2.73 bits per heavy atom. The van der Waals surface area contributed by atoms with E-state index in [0.717, 1.165) is 17.9 Å². The summed E-state index contributed by atoms with van der Waals surface area (Å²) in [6.45, 7) is 0.851. The zero-order valence-electron chi connectivity index (χ0n) is 14.7. The zero-order chi connectivity index (χ0) is 17.9. The molecule has 0 spiro atoms. The fourth-order valence-electron chi connectivity index (χ4n) is 3.01. The molecular formula is C19H22N6O. The minimum absolute atomic E-state index is 0.278. The Morgan fingerprint density at radius 1 is 1.23 bits per heavy atom. The van der Waals surface area contributed by atoms with Crippen LogP contribution in [0.2, 0.25) is 0 Å². The van der Waals surface area contributed by atoms with Crippen LogP contribution in [0.4, 0.5) is 10.6 Å². The van der Waals surface area contributed by atoms with Crippen LogP contribution in [0.15, 0.2) is 55.0 Å². The third kappa shape index (κ3) is 3.61. The van der Waals surface area contributed by atoms with E-state index in [1.165, 1.54) is 12.8 Å². The molecular weight excluding hydrogens is 328 g/mol. The molecule has 1 atom stereocenters. The SMILES string of the molecule is Cn1ccnc1[C@@H](NC(=O)Nc1ccnn1CC1CC1)c1ccccc1. The molecule has 2 N–H and O–H groups in total. The Bertz CT molecular complexity index is 880. The standard InChI is InChI=1S/C19H22N6O/c1-24-12-11-20-18(24)17(15-5-3-2-4-6-15)23-19(26)22-16-9-10-21-25(16)13-14-7-8-14/h2-6,9-12,14,17H,7-8,13H2,1H3,(H2,22,23,26)/t17-/m0/s1. The smallest absolute Gasteiger partial charge is 0.321 e. The van der Waals surface area contributed by atoms with Crippen molar-refractivity contribution in [2.45, 2.75) is 25.4 Å². The van der Waals surface area contributed by atoms with E-state index in [2.05, 4.69) is 20.7 Å². The van der Waals surface area contributed by atoms with E-state index in [1.807, 2.05) is 58.9 Å². The lowest BCUT2D eigenvalue weighted by atomic mass is 10.1. The van der Waals surface area contributed by atoms with Gasteiger partial charge in [0.1, 0.15) is 17.7 Å². The maximum atomic E-state index is 12.7. The van der Waals surface area contributed by atoms with E-state index < -0.39 is 0 Å². The maximum Gasteiger partial charge on any atom is 0.321 e. The van der Waals surface area contributed by atoms with Gasteiger partial charge in [0.05, 0.1) is 6.20 Å². The van der Waals surface area contributed by atoms with E-state index >= 15 is 0 Å². The van der Waals surface area contributed by atoms with Crippen molar-refractivity contribution in [3.63, 3.8) is 0 Å². The summed E-state index contributed by atoms with van der Waals surface area (Å²) in [6, 6.07) is 11.0. The first-order valence-electron chi connectivity index (χ1n) is 8.82. The summed E-state index contributed by atoms with van der Waals surface area (Å²) in [7, 11) is 1.92. The van der Waals surface area contributed by atoms with Gasteiger partial charge in [-0.3, -0.25) is 5.32 Å². The summed E-state index contributed by atoms with van der Waals surface area (Å²) in [5.41, 5.74) is 0.975. The minimum Gasteiger partial charge on any atom is -0.336 e. The van der Waals surface area contributed by atoms with Crippen LogP contribution in [0.3, 0.4) is 0 Å². The summed E-state index contributed by atoms with van der Waals surface area (Å²) in [6.07, 6.45) is 7.79. The molecule has 2 aromatic heterocycles. The monoisotopic (exact) mass is 350 g/mol. The highest BCUT2D eigenvalue weighted by molar-refractivity contribution is 5.88. The number of benzene rings is 1. The zero-order valence-corrected chi connectivity index (χ0v) is 14.7. The van der Waals surface area contributed by atoms with Crippen LogP contribution >= 0.6 is 0 Å². The van der Waals surface area contributed by atoms with Gasteiger partial charge in [0.25, 0.3) is 0 Å². The largest absolute Gasteiger partial charge is 0.336 e. The molecule has 26 heavy (non-hydrogen) atoms. The average molecular weight is 350 g/mol. The topological polar surface area (TPSA) is 76.8 Å². The summed E-state index contributed by atoms with van der Waals surface area (Å²) < 4.78 is 3.77. The van der Waals surface area contributed by atoms with Crippen LogP contribution in [0.5, 0.6) is 0 Å². The number of rotatable bonds is 6. The first-order valence-corrected chi connectivity index (χ1v) is 8.82. The quantitative estimate of drug-likeness (QED) is 0.717. The lowest BCUT2D eigenvalue weighted by molar-refractivity contribution is 0.249. The third-order valence-corrected chi connectivity index (χ3v) is 4.61. The predicted octanol–water partition coefficient (Wildman–Crippen LogP) is 2.94. The van der Waals surface area contributed by atoms with Crippen molar-refractivity contribution in [3.05, 3.63) is 66.4 Å². The van der Waals surface area contributed by atoms with Crippen molar-refractivity contribution in [3.8, 4) is 0 Å². The minimum atomic E-state index is -0.337. The van der Waals surface area contributed by atoms with Crippen LogP contribution in [0, 0.1) is 5.92 Å². The molecule has 1 aliphatic carbocycles. The molecule has 1 aromatic carbocycles. The first kappa shape index (κ1) is 16.4. The molecule has 0 saturated heterocycles. The van der Waals surface area contributed by atoms with Gasteiger partial charge in [0, 0.05) is 32.1 Å². The fourth-order valence-corrected chi connectivity index (χ4v) is 3.01. The number of aromatic nitrogens is 4. The van der Waals surface area contributed by atoms with Gasteiger partial charge in [-0.15, -0.1) is 0 Å². The molecule has 0 radical (unpaired) electrons. The van der Waals surface area contributed by atoms with Crippen molar-refractivity contribution < 1.29 is 4.79 Å². The van der Waals surface area contributed by atoms with Gasteiger partial charge < -0.3 is 9.88 Å². The van der Waals surface area contributed by atoms with Crippen LogP contribution in [0.1, 0.15) is 30.3 Å². The number of carbonyl (C=O) groups excluding carboxylic acids is 1. The Morgan fingerprint density at radius 2 is 2.04 bits per heavy atom. The number of nitrogens with one attached hydrogen (secondary N) is 2. The normalized spacial score (nSPS) is 14.8. The van der Waals surface area contributed by atoms with Crippen LogP contribution in [-0.2, 0) is 13.6 Å². The van der Waals surface area contributed by atoms with E-state index in [4.69, 9.17) is 0 Å². The third-order valence-electron chi connectivity index (χ3n) is 4.61. The van der Waals surface area contributed by atoms with Crippen molar-refractivity contribution >= 4 is 11.8 Å². The summed E-state index contributed by atoms with van der Waals surface area (Å²) in [5, 5.41) is 10.3. The molecule has 1 aliphatic rings. The highest BCUT2D eigenvalue weighted by atomic mass is 16.2. The van der Waals surface area contributed by atoms with E-state index in [9.17, 15) is 4.79 Å². The molecule has 4 rings (SSSR count). The molecule has 0 unspecified atom stereocenters. The van der Waals surface area contributed by atoms with Gasteiger partial charge in [0.2, 0.25) is 0 Å². The molecule has 2 heterocycles. The Kier molecular flexibility index (Phi) is 4.43. The van der Waals surface area contributed by atoms with Crippen molar-refractivity contribution in [2.75, 3.05) is 5.32 Å². The highest BCUT2D eigenvalue weighted by Crippen LogP contribution is 2.31. The molecule has 3 aromatic rings. The molecule has 7 heteroatoms. The second-order valence-electron chi connectivity index (χ2n) is 6.68. The number of anilines is 1. The molecule has 7 nitrogen and oxygen atoms in total. The number of carbonyl (C=O) groups is 1. The fraction of sp³-hybridized carbons (Fsp3) is 0.316. The van der Waals surface area contributed by atoms with Gasteiger partial charge >= 0.3 is 6.03 Å². The predicted molar refractivity (Wildman–Crippen MR) is 98.6 cm³/mol. The molecule has 1 saturated carbocycles. The number of hydrogen-bond donors (Lipinski definition) is 2. The van der Waals surface area contributed by atoms with Crippen molar-refractivity contribution in [2.24, 2.45) is 13.0 Å². The maximum absolute atomic E-state index is 12.7. The van der Waals surface area contributed by atoms with E-state index in [0.29, 0.717) is 11.7 Å². The molecule has 134 valence electrons. The van der Waals surface area contributed by atoms with Crippen LogP contribution in [-0.4, -0.2) is 25.4 Å². The van der Waals surface area contributed by atoms with Gasteiger partial charge in [-0.25, -0.2) is 14.5 Å². The van der Waals surface area contributed by atoms with E-state index in [-0.39, 0.29) is 12.1 Å².